The van der Waals surface area contributed by atoms with Crippen molar-refractivity contribution in [3.05, 3.63) is 35.9 Å². The molecule has 0 bridgehead atoms. The van der Waals surface area contributed by atoms with Gasteiger partial charge in [-0.3, -0.25) is 4.79 Å². The number of Topliss-reactive ketones (excluding diaryl/α,β-unsaturated/α-hetero) is 1. The van der Waals surface area contributed by atoms with E-state index in [1.807, 2.05) is 0 Å². The SMILES string of the molecule is CCC(OCC(F)(F)C(F)F)C(=O)c1ccccc1. The van der Waals surface area contributed by atoms with Crippen molar-refractivity contribution in [2.24, 2.45) is 0 Å². The fourth-order valence-electron chi connectivity index (χ4n) is 1.44. The van der Waals surface area contributed by atoms with Crippen LogP contribution in [0.1, 0.15) is 23.7 Å². The van der Waals surface area contributed by atoms with Crippen molar-refractivity contribution in [3.63, 3.8) is 0 Å². The first-order chi connectivity index (χ1) is 8.88. The van der Waals surface area contributed by atoms with Gasteiger partial charge in [-0.15, -0.1) is 0 Å². The Kier molecular flexibility index (Phi) is 5.47. The zero-order chi connectivity index (χ0) is 14.5. The van der Waals surface area contributed by atoms with Gasteiger partial charge in [-0.2, -0.15) is 8.78 Å². The Bertz CT molecular complexity index is 406. The fourth-order valence-corrected chi connectivity index (χ4v) is 1.44. The van der Waals surface area contributed by atoms with Crippen molar-refractivity contribution in [2.45, 2.75) is 31.8 Å². The zero-order valence-corrected chi connectivity index (χ0v) is 10.3. The standard InChI is InChI=1S/C13H14F4O2/c1-2-10(19-8-13(16,17)12(14)15)11(18)9-6-4-3-5-7-9/h3-7,10,12H,2,8H2,1H3. The molecule has 0 aliphatic heterocycles. The zero-order valence-electron chi connectivity index (χ0n) is 10.3. The van der Waals surface area contributed by atoms with Crippen LogP contribution in [0.3, 0.4) is 0 Å². The van der Waals surface area contributed by atoms with Crippen LogP contribution in [0.15, 0.2) is 30.3 Å². The van der Waals surface area contributed by atoms with E-state index in [0.29, 0.717) is 5.56 Å². The minimum absolute atomic E-state index is 0.132. The van der Waals surface area contributed by atoms with Crippen LogP contribution in [0, 0.1) is 0 Å². The average Bonchev–Trinajstić information content (AvgIpc) is 2.40. The molecule has 1 rings (SSSR count). The third-order valence-corrected chi connectivity index (χ3v) is 2.52. The highest BCUT2D eigenvalue weighted by Crippen LogP contribution is 2.24. The predicted molar refractivity (Wildman–Crippen MR) is 61.8 cm³/mol. The molecule has 6 heteroatoms. The van der Waals surface area contributed by atoms with Crippen LogP contribution >= 0.6 is 0 Å². The minimum atomic E-state index is -4.25. The molecule has 0 amide bonds. The van der Waals surface area contributed by atoms with E-state index in [0.717, 1.165) is 0 Å². The Morgan fingerprint density at radius 1 is 1.26 bits per heavy atom. The summed E-state index contributed by atoms with van der Waals surface area (Å²) in [5.74, 6) is -4.74. The van der Waals surface area contributed by atoms with Gasteiger partial charge in [0.2, 0.25) is 0 Å². The van der Waals surface area contributed by atoms with Gasteiger partial charge in [0.15, 0.2) is 5.78 Å². The molecule has 0 saturated carbocycles. The highest BCUT2D eigenvalue weighted by atomic mass is 19.3. The third kappa shape index (κ3) is 4.31. The Morgan fingerprint density at radius 3 is 2.32 bits per heavy atom. The molecule has 0 aliphatic carbocycles. The Balaban J connectivity index is 2.67. The first-order valence-corrected chi connectivity index (χ1v) is 5.75. The molecular formula is C13H14F4O2. The van der Waals surface area contributed by atoms with Gasteiger partial charge in [0.25, 0.3) is 0 Å². The number of alkyl halides is 4. The first-order valence-electron chi connectivity index (χ1n) is 5.75. The van der Waals surface area contributed by atoms with Crippen LogP contribution < -0.4 is 0 Å². The molecule has 0 spiro atoms. The quantitative estimate of drug-likeness (QED) is 0.563. The van der Waals surface area contributed by atoms with Crippen LogP contribution in [0.5, 0.6) is 0 Å². The number of hydrogen-bond donors (Lipinski definition) is 0. The summed E-state index contributed by atoms with van der Waals surface area (Å²) in [5.41, 5.74) is 0.301. The molecular weight excluding hydrogens is 264 g/mol. The average molecular weight is 278 g/mol. The van der Waals surface area contributed by atoms with Crippen LogP contribution in [0.2, 0.25) is 0 Å². The second-order valence-electron chi connectivity index (χ2n) is 4.00. The van der Waals surface area contributed by atoms with E-state index in [1.165, 1.54) is 12.1 Å². The highest BCUT2D eigenvalue weighted by molar-refractivity contribution is 5.99. The lowest BCUT2D eigenvalue weighted by molar-refractivity contribution is -0.171. The predicted octanol–water partition coefficient (Wildman–Crippen LogP) is 3.56. The second-order valence-corrected chi connectivity index (χ2v) is 4.00. The van der Waals surface area contributed by atoms with Crippen molar-refractivity contribution >= 4 is 5.78 Å². The number of ether oxygens (including phenoxy) is 1. The van der Waals surface area contributed by atoms with Gasteiger partial charge >= 0.3 is 12.3 Å². The van der Waals surface area contributed by atoms with Gasteiger partial charge in [-0.1, -0.05) is 37.3 Å². The molecule has 1 aromatic carbocycles. The van der Waals surface area contributed by atoms with E-state index in [2.05, 4.69) is 4.74 Å². The monoisotopic (exact) mass is 278 g/mol. The lowest BCUT2D eigenvalue weighted by Crippen LogP contribution is -2.36. The molecule has 19 heavy (non-hydrogen) atoms. The van der Waals surface area contributed by atoms with Crippen molar-refractivity contribution in [3.8, 4) is 0 Å². The summed E-state index contributed by atoms with van der Waals surface area (Å²) in [6.07, 6.45) is -4.82. The Labute approximate surface area is 108 Å². The molecule has 0 saturated heterocycles. The minimum Gasteiger partial charge on any atom is -0.364 e. The summed E-state index contributed by atoms with van der Waals surface area (Å²) in [6.45, 7) is 0.0910. The van der Waals surface area contributed by atoms with Gasteiger partial charge in [-0.05, 0) is 6.42 Å². The molecule has 2 nitrogen and oxygen atoms in total. The van der Waals surface area contributed by atoms with Gasteiger partial charge in [0.05, 0.1) is 0 Å². The highest BCUT2D eigenvalue weighted by Gasteiger charge is 2.42. The topological polar surface area (TPSA) is 26.3 Å². The second kappa shape index (κ2) is 6.65. The lowest BCUT2D eigenvalue weighted by atomic mass is 10.0. The number of rotatable bonds is 7. The number of hydrogen-bond acceptors (Lipinski definition) is 2. The number of carbonyl (C=O) groups excluding carboxylic acids is 1. The number of carbonyl (C=O) groups is 1. The number of halogens is 4. The molecule has 1 atom stereocenters. The first kappa shape index (κ1) is 15.6. The smallest absolute Gasteiger partial charge is 0.330 e. The normalized spacial score (nSPS) is 13.6. The molecule has 0 fully saturated rings. The molecule has 1 aromatic rings. The summed E-state index contributed by atoms with van der Waals surface area (Å²) in [4.78, 5) is 11.9. The van der Waals surface area contributed by atoms with E-state index in [-0.39, 0.29) is 6.42 Å². The summed E-state index contributed by atoms with van der Waals surface area (Å²) in [5, 5.41) is 0. The summed E-state index contributed by atoms with van der Waals surface area (Å²) >= 11 is 0. The largest absolute Gasteiger partial charge is 0.364 e. The molecule has 106 valence electrons. The van der Waals surface area contributed by atoms with E-state index in [9.17, 15) is 22.4 Å². The van der Waals surface area contributed by atoms with E-state index < -0.39 is 30.8 Å². The maximum Gasteiger partial charge on any atom is 0.330 e. The molecule has 0 aromatic heterocycles. The van der Waals surface area contributed by atoms with E-state index in [1.54, 1.807) is 25.1 Å². The number of benzene rings is 1. The maximum absolute atomic E-state index is 12.7. The van der Waals surface area contributed by atoms with Crippen LogP contribution in [0.4, 0.5) is 17.6 Å². The maximum atomic E-state index is 12.7. The molecule has 0 heterocycles. The van der Waals surface area contributed by atoms with Gasteiger partial charge in [0.1, 0.15) is 12.7 Å². The molecule has 0 N–H and O–H groups in total. The molecule has 0 radical (unpaired) electrons. The fraction of sp³-hybridized carbons (Fsp3) is 0.462. The summed E-state index contributed by atoms with van der Waals surface area (Å²) in [7, 11) is 0. The van der Waals surface area contributed by atoms with Crippen molar-refractivity contribution in [1.82, 2.24) is 0 Å². The summed E-state index contributed by atoms with van der Waals surface area (Å²) < 4.78 is 54.1. The van der Waals surface area contributed by atoms with Crippen molar-refractivity contribution in [2.75, 3.05) is 6.61 Å². The Morgan fingerprint density at radius 2 is 1.84 bits per heavy atom. The third-order valence-electron chi connectivity index (χ3n) is 2.52. The van der Waals surface area contributed by atoms with E-state index in [4.69, 9.17) is 0 Å². The van der Waals surface area contributed by atoms with Crippen molar-refractivity contribution in [1.29, 1.82) is 0 Å². The number of ketones is 1. The van der Waals surface area contributed by atoms with Crippen LogP contribution in [-0.4, -0.2) is 30.8 Å². The van der Waals surface area contributed by atoms with Gasteiger partial charge in [0, 0.05) is 5.56 Å². The molecule has 1 unspecified atom stereocenters. The van der Waals surface area contributed by atoms with Crippen LogP contribution in [0.25, 0.3) is 0 Å². The lowest BCUT2D eigenvalue weighted by Gasteiger charge is -2.20. The summed E-state index contributed by atoms with van der Waals surface area (Å²) in [6, 6.07) is 7.96. The Hall–Kier alpha value is -1.43. The van der Waals surface area contributed by atoms with Crippen LogP contribution in [-0.2, 0) is 4.74 Å². The van der Waals surface area contributed by atoms with Gasteiger partial charge in [-0.25, -0.2) is 8.78 Å². The van der Waals surface area contributed by atoms with E-state index >= 15 is 0 Å². The van der Waals surface area contributed by atoms with Crippen molar-refractivity contribution < 1.29 is 27.1 Å². The van der Waals surface area contributed by atoms with Gasteiger partial charge < -0.3 is 4.74 Å². The molecule has 0 aliphatic rings.